The highest BCUT2D eigenvalue weighted by molar-refractivity contribution is 6.06. The van der Waals surface area contributed by atoms with Crippen LogP contribution in [0.5, 0.6) is 0 Å². The first-order valence-corrected chi connectivity index (χ1v) is 11.8. The lowest BCUT2D eigenvalue weighted by atomic mass is 9.80. The fourth-order valence-electron chi connectivity index (χ4n) is 5.60. The van der Waals surface area contributed by atoms with Crippen molar-refractivity contribution < 1.29 is 14.0 Å². The molecule has 0 saturated heterocycles. The van der Waals surface area contributed by atoms with Crippen LogP contribution in [0.15, 0.2) is 36.4 Å². The topological polar surface area (TPSA) is 77.1 Å². The number of rotatable bonds is 4. The maximum Gasteiger partial charge on any atom is 0.250 e. The van der Waals surface area contributed by atoms with E-state index in [0.717, 1.165) is 48.0 Å². The van der Waals surface area contributed by atoms with Crippen molar-refractivity contribution in [1.82, 2.24) is 4.57 Å². The molecule has 1 aliphatic heterocycles. The molecule has 0 spiro atoms. The summed E-state index contributed by atoms with van der Waals surface area (Å²) in [7, 11) is 0. The molecule has 2 aromatic carbocycles. The molecule has 0 radical (unpaired) electrons. The lowest BCUT2D eigenvalue weighted by molar-refractivity contribution is 0.0816. The SMILES string of the molecule is CC1(C)CC(=O)n2c(c(-c3ccc(C(N)=O)c(NC4CCCCC4)c3)c3cc(F)ccc32)C1. The van der Waals surface area contributed by atoms with E-state index in [1.165, 1.54) is 18.6 Å². The monoisotopic (exact) mass is 447 g/mol. The zero-order valence-corrected chi connectivity index (χ0v) is 19.2. The van der Waals surface area contributed by atoms with E-state index in [9.17, 15) is 14.0 Å². The van der Waals surface area contributed by atoms with Gasteiger partial charge >= 0.3 is 0 Å². The zero-order valence-electron chi connectivity index (χ0n) is 19.2. The molecule has 0 bridgehead atoms. The fourth-order valence-corrected chi connectivity index (χ4v) is 5.60. The van der Waals surface area contributed by atoms with Gasteiger partial charge in [-0.2, -0.15) is 0 Å². The number of anilines is 1. The van der Waals surface area contributed by atoms with Gasteiger partial charge in [-0.05, 0) is 60.6 Å². The molecule has 1 saturated carbocycles. The molecule has 0 atom stereocenters. The van der Waals surface area contributed by atoms with E-state index in [1.54, 1.807) is 16.7 Å². The third-order valence-electron chi connectivity index (χ3n) is 7.09. The van der Waals surface area contributed by atoms with Crippen molar-refractivity contribution >= 4 is 28.4 Å². The Labute approximate surface area is 193 Å². The van der Waals surface area contributed by atoms with E-state index in [0.29, 0.717) is 35.5 Å². The summed E-state index contributed by atoms with van der Waals surface area (Å²) in [6.07, 6.45) is 6.82. The standard InChI is InChI=1S/C27H30FN3O2/c1-27(2)14-23-25(20-13-17(28)9-11-22(20)31(23)24(32)15-27)16-8-10-19(26(29)33)21(12-16)30-18-6-4-3-5-7-18/h8-13,18,30H,3-7,14-15H2,1-2H3,(H2,29,33). The zero-order chi connectivity index (χ0) is 23.3. The molecule has 3 N–H and O–H groups in total. The largest absolute Gasteiger partial charge is 0.382 e. The number of amides is 1. The molecular weight excluding hydrogens is 417 g/mol. The molecular formula is C27H30FN3O2. The number of hydrogen-bond donors (Lipinski definition) is 2. The van der Waals surface area contributed by atoms with Crippen LogP contribution in [0.25, 0.3) is 22.0 Å². The lowest BCUT2D eigenvalue weighted by Gasteiger charge is -2.30. The number of carbonyl (C=O) groups excluding carboxylic acids is 2. The van der Waals surface area contributed by atoms with Crippen molar-refractivity contribution in [3.05, 3.63) is 53.5 Å². The molecule has 172 valence electrons. The van der Waals surface area contributed by atoms with E-state index in [1.807, 2.05) is 12.1 Å². The summed E-state index contributed by atoms with van der Waals surface area (Å²) in [5.41, 5.74) is 9.98. The number of fused-ring (bicyclic) bond motifs is 3. The van der Waals surface area contributed by atoms with E-state index >= 15 is 0 Å². The quantitative estimate of drug-likeness (QED) is 0.522. The second kappa shape index (κ2) is 8.01. The summed E-state index contributed by atoms with van der Waals surface area (Å²) in [6.45, 7) is 4.17. The highest BCUT2D eigenvalue weighted by Crippen LogP contribution is 2.43. The Kier molecular flexibility index (Phi) is 5.26. The average molecular weight is 448 g/mol. The Morgan fingerprint density at radius 2 is 1.85 bits per heavy atom. The number of nitrogens with two attached hydrogens (primary N) is 1. The molecule has 1 amide bonds. The van der Waals surface area contributed by atoms with Gasteiger partial charge in [0, 0.05) is 34.8 Å². The second-order valence-electron chi connectivity index (χ2n) is 10.3. The molecule has 5 nitrogen and oxygen atoms in total. The minimum atomic E-state index is -0.481. The molecule has 1 aromatic heterocycles. The van der Waals surface area contributed by atoms with Crippen molar-refractivity contribution in [2.75, 3.05) is 5.32 Å². The van der Waals surface area contributed by atoms with Gasteiger partial charge in [-0.1, -0.05) is 39.2 Å². The highest BCUT2D eigenvalue weighted by Gasteiger charge is 2.35. The van der Waals surface area contributed by atoms with Crippen molar-refractivity contribution in [2.24, 2.45) is 11.1 Å². The Morgan fingerprint density at radius 3 is 2.58 bits per heavy atom. The predicted octanol–water partition coefficient (Wildman–Crippen LogP) is 5.90. The summed E-state index contributed by atoms with van der Waals surface area (Å²) >= 11 is 0. The average Bonchev–Trinajstić information content (AvgIpc) is 3.06. The van der Waals surface area contributed by atoms with Crippen molar-refractivity contribution in [3.8, 4) is 11.1 Å². The summed E-state index contributed by atoms with van der Waals surface area (Å²) < 4.78 is 16.1. The molecule has 33 heavy (non-hydrogen) atoms. The van der Waals surface area contributed by atoms with Crippen LogP contribution in [0.4, 0.5) is 10.1 Å². The summed E-state index contributed by atoms with van der Waals surface area (Å²) in [5, 5.41) is 4.26. The van der Waals surface area contributed by atoms with E-state index < -0.39 is 5.91 Å². The third-order valence-corrected chi connectivity index (χ3v) is 7.09. The van der Waals surface area contributed by atoms with E-state index in [4.69, 9.17) is 5.73 Å². The maximum atomic E-state index is 14.3. The van der Waals surface area contributed by atoms with Gasteiger partial charge < -0.3 is 11.1 Å². The second-order valence-corrected chi connectivity index (χ2v) is 10.3. The van der Waals surface area contributed by atoms with Crippen molar-refractivity contribution in [3.63, 3.8) is 0 Å². The van der Waals surface area contributed by atoms with Crippen molar-refractivity contribution in [1.29, 1.82) is 0 Å². The Balaban J connectivity index is 1.70. The number of aromatic nitrogens is 1. The maximum absolute atomic E-state index is 14.3. The summed E-state index contributed by atoms with van der Waals surface area (Å²) in [4.78, 5) is 25.3. The molecule has 6 heteroatoms. The fraction of sp³-hybridized carbons (Fsp3) is 0.407. The molecule has 5 rings (SSSR count). The van der Waals surface area contributed by atoms with Gasteiger partial charge in [-0.3, -0.25) is 14.2 Å². The Morgan fingerprint density at radius 1 is 1.09 bits per heavy atom. The molecule has 1 aliphatic carbocycles. The van der Waals surface area contributed by atoms with Crippen LogP contribution >= 0.6 is 0 Å². The molecule has 2 heterocycles. The first-order valence-electron chi connectivity index (χ1n) is 11.8. The minimum Gasteiger partial charge on any atom is -0.382 e. The Hall–Kier alpha value is -3.15. The smallest absolute Gasteiger partial charge is 0.250 e. The predicted molar refractivity (Wildman–Crippen MR) is 129 cm³/mol. The van der Waals surface area contributed by atoms with Gasteiger partial charge in [0.1, 0.15) is 5.82 Å². The molecule has 0 unspecified atom stereocenters. The number of carbonyl (C=O) groups is 2. The molecule has 1 fully saturated rings. The number of primary amides is 1. The van der Waals surface area contributed by atoms with Crippen LogP contribution in [0.3, 0.4) is 0 Å². The van der Waals surface area contributed by atoms with Gasteiger partial charge in [0.15, 0.2) is 0 Å². The third kappa shape index (κ3) is 3.92. The van der Waals surface area contributed by atoms with Crippen LogP contribution in [0.2, 0.25) is 0 Å². The minimum absolute atomic E-state index is 0.0263. The van der Waals surface area contributed by atoms with Crippen LogP contribution in [-0.4, -0.2) is 22.4 Å². The van der Waals surface area contributed by atoms with Crippen LogP contribution in [0.1, 0.15) is 73.2 Å². The lowest BCUT2D eigenvalue weighted by Crippen LogP contribution is -2.31. The normalized spacial score (nSPS) is 18.3. The van der Waals surface area contributed by atoms with Crippen LogP contribution in [-0.2, 0) is 6.42 Å². The number of nitrogens with one attached hydrogen (secondary N) is 1. The number of hydrogen-bond acceptors (Lipinski definition) is 3. The summed E-state index contributed by atoms with van der Waals surface area (Å²) in [6, 6.07) is 10.4. The first-order chi connectivity index (χ1) is 15.7. The molecule has 2 aliphatic rings. The number of halogens is 1. The van der Waals surface area contributed by atoms with E-state index in [-0.39, 0.29) is 17.1 Å². The van der Waals surface area contributed by atoms with Crippen LogP contribution < -0.4 is 11.1 Å². The van der Waals surface area contributed by atoms with Gasteiger partial charge in [0.2, 0.25) is 5.91 Å². The van der Waals surface area contributed by atoms with Gasteiger partial charge in [-0.15, -0.1) is 0 Å². The number of nitrogens with zero attached hydrogens (tertiary/aromatic N) is 1. The van der Waals surface area contributed by atoms with Gasteiger partial charge in [-0.25, -0.2) is 4.39 Å². The van der Waals surface area contributed by atoms with E-state index in [2.05, 4.69) is 19.2 Å². The van der Waals surface area contributed by atoms with Gasteiger partial charge in [0.25, 0.3) is 5.91 Å². The van der Waals surface area contributed by atoms with Crippen molar-refractivity contribution in [2.45, 2.75) is 64.8 Å². The van der Waals surface area contributed by atoms with Gasteiger partial charge in [0.05, 0.1) is 11.1 Å². The summed E-state index contributed by atoms with van der Waals surface area (Å²) in [5.74, 6) is -0.794. The first kappa shape index (κ1) is 21.7. The van der Waals surface area contributed by atoms with Crippen LogP contribution in [0, 0.1) is 11.2 Å². The number of benzene rings is 2. The highest BCUT2D eigenvalue weighted by atomic mass is 19.1. The molecule has 3 aromatic rings. The Bertz CT molecular complexity index is 1270.